The van der Waals surface area contributed by atoms with Gasteiger partial charge in [0.15, 0.2) is 5.82 Å². The van der Waals surface area contributed by atoms with Crippen molar-refractivity contribution in [3.8, 4) is 0 Å². The Bertz CT molecular complexity index is 960. The summed E-state index contributed by atoms with van der Waals surface area (Å²) >= 11 is 1.49. The second-order valence-corrected chi connectivity index (χ2v) is 9.79. The molecule has 2 aliphatic carbocycles. The van der Waals surface area contributed by atoms with Gasteiger partial charge in [0, 0.05) is 29.7 Å². The van der Waals surface area contributed by atoms with E-state index in [4.69, 9.17) is 11.5 Å². The SMILES string of the molecule is Cc1c(Sc2ncc(N3CCC4(CC=C(C5CC5)C4)CC3)nc2N)ccnc1N. The summed E-state index contributed by atoms with van der Waals surface area (Å²) in [4.78, 5) is 16.7. The summed E-state index contributed by atoms with van der Waals surface area (Å²) in [7, 11) is 0. The van der Waals surface area contributed by atoms with Gasteiger partial charge in [-0.2, -0.15) is 0 Å². The average molecular weight is 409 g/mol. The van der Waals surface area contributed by atoms with Gasteiger partial charge in [0.25, 0.3) is 0 Å². The molecule has 0 aromatic carbocycles. The van der Waals surface area contributed by atoms with Gasteiger partial charge in [-0.3, -0.25) is 0 Å². The van der Waals surface area contributed by atoms with E-state index in [0.717, 1.165) is 35.3 Å². The molecule has 0 radical (unpaired) electrons. The van der Waals surface area contributed by atoms with Gasteiger partial charge in [0.05, 0.1) is 6.20 Å². The van der Waals surface area contributed by atoms with Crippen LogP contribution in [-0.2, 0) is 0 Å². The largest absolute Gasteiger partial charge is 0.383 e. The Morgan fingerprint density at radius 3 is 2.66 bits per heavy atom. The van der Waals surface area contributed by atoms with Crippen LogP contribution in [0.4, 0.5) is 17.5 Å². The van der Waals surface area contributed by atoms with E-state index in [2.05, 4.69) is 25.9 Å². The molecule has 3 heterocycles. The van der Waals surface area contributed by atoms with Crippen LogP contribution in [0.3, 0.4) is 0 Å². The fourth-order valence-electron chi connectivity index (χ4n) is 4.64. The maximum atomic E-state index is 6.26. The van der Waals surface area contributed by atoms with Gasteiger partial charge in [-0.15, -0.1) is 0 Å². The number of nitrogens with two attached hydrogens (primary N) is 2. The molecule has 3 aliphatic rings. The van der Waals surface area contributed by atoms with Crippen LogP contribution in [-0.4, -0.2) is 28.0 Å². The number of hydrogen-bond acceptors (Lipinski definition) is 7. The summed E-state index contributed by atoms with van der Waals surface area (Å²) in [6.45, 7) is 4.03. The fourth-order valence-corrected chi connectivity index (χ4v) is 5.49. The molecule has 2 aromatic heterocycles. The molecule has 2 aromatic rings. The summed E-state index contributed by atoms with van der Waals surface area (Å²) in [5, 5.41) is 0.713. The Balaban J connectivity index is 1.25. The number of anilines is 3. The van der Waals surface area contributed by atoms with Gasteiger partial charge in [-0.25, -0.2) is 15.0 Å². The highest BCUT2D eigenvalue weighted by Gasteiger charge is 2.41. The van der Waals surface area contributed by atoms with E-state index in [1.165, 1.54) is 50.3 Å². The van der Waals surface area contributed by atoms with Crippen LogP contribution in [0.15, 0.2) is 40.0 Å². The molecule has 0 unspecified atom stereocenters. The minimum Gasteiger partial charge on any atom is -0.383 e. The second-order valence-electron chi connectivity index (χ2n) is 8.76. The molecule has 7 heteroatoms. The Morgan fingerprint density at radius 2 is 1.93 bits per heavy atom. The summed E-state index contributed by atoms with van der Waals surface area (Å²) in [6.07, 6.45) is 14.0. The molecule has 152 valence electrons. The lowest BCUT2D eigenvalue weighted by Crippen LogP contribution is -2.39. The van der Waals surface area contributed by atoms with Crippen molar-refractivity contribution < 1.29 is 0 Å². The van der Waals surface area contributed by atoms with E-state index in [1.807, 2.05) is 19.2 Å². The van der Waals surface area contributed by atoms with Crippen molar-refractivity contribution in [3.05, 3.63) is 35.7 Å². The monoisotopic (exact) mass is 408 g/mol. The van der Waals surface area contributed by atoms with E-state index < -0.39 is 0 Å². The first-order valence-electron chi connectivity index (χ1n) is 10.5. The van der Waals surface area contributed by atoms with Gasteiger partial charge >= 0.3 is 0 Å². The summed E-state index contributed by atoms with van der Waals surface area (Å²) in [5.74, 6) is 2.82. The molecular formula is C22H28N6S. The van der Waals surface area contributed by atoms with Crippen LogP contribution in [0.1, 0.15) is 44.1 Å². The highest BCUT2D eigenvalue weighted by atomic mass is 32.2. The van der Waals surface area contributed by atoms with E-state index in [9.17, 15) is 0 Å². The highest BCUT2D eigenvalue weighted by Crippen LogP contribution is 2.52. The molecule has 1 saturated carbocycles. The lowest BCUT2D eigenvalue weighted by molar-refractivity contribution is 0.231. The van der Waals surface area contributed by atoms with Gasteiger partial charge in [-0.05, 0) is 62.8 Å². The molecule has 0 bridgehead atoms. The first-order chi connectivity index (χ1) is 14.0. The maximum Gasteiger partial charge on any atom is 0.158 e. The van der Waals surface area contributed by atoms with Crippen LogP contribution in [0, 0.1) is 18.3 Å². The highest BCUT2D eigenvalue weighted by molar-refractivity contribution is 7.99. The number of rotatable bonds is 4. The summed E-state index contributed by atoms with van der Waals surface area (Å²) < 4.78 is 0. The minimum atomic E-state index is 0.473. The number of piperidine rings is 1. The number of nitrogens with zero attached hydrogens (tertiary/aromatic N) is 4. The van der Waals surface area contributed by atoms with Gasteiger partial charge < -0.3 is 16.4 Å². The van der Waals surface area contributed by atoms with Gasteiger partial charge in [0.2, 0.25) is 0 Å². The third-order valence-electron chi connectivity index (χ3n) is 6.78. The zero-order valence-corrected chi connectivity index (χ0v) is 17.7. The number of allylic oxidation sites excluding steroid dienone is 2. The Morgan fingerprint density at radius 1 is 1.14 bits per heavy atom. The predicted molar refractivity (Wildman–Crippen MR) is 118 cm³/mol. The van der Waals surface area contributed by atoms with Crippen molar-refractivity contribution in [1.82, 2.24) is 15.0 Å². The Kier molecular flexibility index (Phi) is 4.65. The van der Waals surface area contributed by atoms with Crippen molar-refractivity contribution in [2.45, 2.75) is 55.4 Å². The van der Waals surface area contributed by atoms with Crippen molar-refractivity contribution in [3.63, 3.8) is 0 Å². The van der Waals surface area contributed by atoms with E-state index >= 15 is 0 Å². The van der Waals surface area contributed by atoms with E-state index in [0.29, 0.717) is 22.1 Å². The molecule has 0 atom stereocenters. The van der Waals surface area contributed by atoms with Crippen molar-refractivity contribution in [2.24, 2.45) is 11.3 Å². The van der Waals surface area contributed by atoms with Crippen molar-refractivity contribution in [1.29, 1.82) is 0 Å². The van der Waals surface area contributed by atoms with Crippen molar-refractivity contribution >= 4 is 29.2 Å². The molecule has 4 N–H and O–H groups in total. The number of nitrogen functional groups attached to an aromatic ring is 2. The average Bonchev–Trinajstić information content (AvgIpc) is 3.49. The smallest absolute Gasteiger partial charge is 0.158 e. The molecular weight excluding hydrogens is 380 g/mol. The van der Waals surface area contributed by atoms with Crippen LogP contribution in [0.2, 0.25) is 0 Å². The molecule has 1 spiro atoms. The predicted octanol–water partition coefficient (Wildman–Crippen LogP) is 4.21. The zero-order valence-electron chi connectivity index (χ0n) is 16.9. The normalized spacial score (nSPS) is 20.9. The fraction of sp³-hybridized carbons (Fsp3) is 0.500. The number of pyridine rings is 1. The topological polar surface area (TPSA) is 94.0 Å². The zero-order chi connectivity index (χ0) is 20.0. The lowest BCUT2D eigenvalue weighted by Gasteiger charge is -2.40. The molecule has 1 aliphatic heterocycles. The first-order valence-corrected chi connectivity index (χ1v) is 11.3. The standard InChI is InChI=1S/C22H28N6S/c1-14-17(5-9-25-19(14)23)29-21-20(24)27-18(13-26-21)28-10-7-22(8-11-28)6-4-16(12-22)15-2-3-15/h4-5,9,13,15H,2-3,6-8,10-12H2,1H3,(H2,23,25)(H2,24,27). The molecule has 6 nitrogen and oxygen atoms in total. The minimum absolute atomic E-state index is 0.473. The summed E-state index contributed by atoms with van der Waals surface area (Å²) in [6, 6.07) is 1.93. The molecule has 2 fully saturated rings. The third-order valence-corrected chi connectivity index (χ3v) is 7.95. The van der Waals surface area contributed by atoms with Gasteiger partial charge in [-0.1, -0.05) is 23.4 Å². The number of aromatic nitrogens is 3. The quantitative estimate of drug-likeness (QED) is 0.732. The molecule has 0 amide bonds. The maximum absolute atomic E-state index is 6.26. The van der Waals surface area contributed by atoms with Gasteiger partial charge in [0.1, 0.15) is 16.7 Å². The molecule has 5 rings (SSSR count). The Hall–Kier alpha value is -2.28. The summed E-state index contributed by atoms with van der Waals surface area (Å²) in [5.41, 5.74) is 15.4. The number of hydrogen-bond donors (Lipinski definition) is 2. The molecule has 29 heavy (non-hydrogen) atoms. The van der Waals surface area contributed by atoms with Crippen LogP contribution >= 0.6 is 11.8 Å². The third kappa shape index (κ3) is 3.68. The van der Waals surface area contributed by atoms with Crippen LogP contribution < -0.4 is 16.4 Å². The van der Waals surface area contributed by atoms with Crippen LogP contribution in [0.25, 0.3) is 0 Å². The lowest BCUT2D eigenvalue weighted by atomic mass is 9.75. The van der Waals surface area contributed by atoms with Crippen molar-refractivity contribution in [2.75, 3.05) is 29.5 Å². The molecule has 1 saturated heterocycles. The van der Waals surface area contributed by atoms with E-state index in [1.54, 1.807) is 11.8 Å². The first kappa shape index (κ1) is 18.7. The Labute approximate surface area is 176 Å². The second kappa shape index (κ2) is 7.20. The van der Waals surface area contributed by atoms with Crippen LogP contribution in [0.5, 0.6) is 0 Å². The van der Waals surface area contributed by atoms with E-state index in [-0.39, 0.29) is 0 Å².